The number of benzene rings is 2. The Kier molecular flexibility index (Phi) is 6.19. The van der Waals surface area contributed by atoms with Crippen LogP contribution in [0.15, 0.2) is 53.5 Å². The van der Waals surface area contributed by atoms with Crippen molar-refractivity contribution in [1.29, 1.82) is 0 Å². The molecule has 0 bridgehead atoms. The minimum atomic E-state index is -0.324. The molecule has 1 unspecified atom stereocenters. The molecule has 2 aromatic carbocycles. The summed E-state index contributed by atoms with van der Waals surface area (Å²) in [5.41, 5.74) is 1.13. The van der Waals surface area contributed by atoms with E-state index in [1.165, 1.54) is 4.57 Å². The number of rotatable bonds is 7. The van der Waals surface area contributed by atoms with E-state index in [-0.39, 0.29) is 30.5 Å². The van der Waals surface area contributed by atoms with Crippen LogP contribution in [0.2, 0.25) is 0 Å². The van der Waals surface area contributed by atoms with Crippen LogP contribution in [0.25, 0.3) is 10.8 Å². The van der Waals surface area contributed by atoms with E-state index in [0.29, 0.717) is 28.0 Å². The summed E-state index contributed by atoms with van der Waals surface area (Å²) in [7, 11) is 3.10. The zero-order chi connectivity index (χ0) is 21.0. The minimum absolute atomic E-state index is 0.132. The summed E-state index contributed by atoms with van der Waals surface area (Å²) >= 11 is 0. The van der Waals surface area contributed by atoms with E-state index < -0.39 is 0 Å². The number of nitrogens with one attached hydrogen (secondary N) is 1. The fourth-order valence-electron chi connectivity index (χ4n) is 3.21. The average molecular weight is 396 g/mol. The summed E-state index contributed by atoms with van der Waals surface area (Å²) < 4.78 is 12.0. The molecule has 152 valence electrons. The molecule has 0 aliphatic rings. The SMILES string of the molecule is COc1ccc(CC(=O)Nc2cccc3c(=O)n(C(C)CO)ccc23)cc1OC. The Morgan fingerprint density at radius 3 is 2.55 bits per heavy atom. The van der Waals surface area contributed by atoms with E-state index >= 15 is 0 Å². The second-order valence-corrected chi connectivity index (χ2v) is 6.74. The number of anilines is 1. The van der Waals surface area contributed by atoms with Crippen molar-refractivity contribution in [3.8, 4) is 11.5 Å². The summed E-state index contributed by atoms with van der Waals surface area (Å²) in [6, 6.07) is 12.0. The molecule has 0 spiro atoms. The van der Waals surface area contributed by atoms with Crippen molar-refractivity contribution in [3.63, 3.8) is 0 Å². The summed E-state index contributed by atoms with van der Waals surface area (Å²) in [4.78, 5) is 25.3. The van der Waals surface area contributed by atoms with Crippen molar-refractivity contribution >= 4 is 22.4 Å². The second-order valence-electron chi connectivity index (χ2n) is 6.74. The van der Waals surface area contributed by atoms with Gasteiger partial charge in [0, 0.05) is 22.7 Å². The predicted octanol–water partition coefficient (Wildman–Crippen LogP) is 2.75. The van der Waals surface area contributed by atoms with Crippen LogP contribution in [0, 0.1) is 0 Å². The molecule has 1 amide bonds. The number of ether oxygens (including phenoxy) is 2. The van der Waals surface area contributed by atoms with Crippen molar-refractivity contribution in [2.75, 3.05) is 26.1 Å². The Bertz CT molecular complexity index is 1090. The number of aliphatic hydroxyl groups is 1. The number of carbonyl (C=O) groups excluding carboxylic acids is 1. The molecule has 1 aromatic heterocycles. The van der Waals surface area contributed by atoms with Gasteiger partial charge in [0.2, 0.25) is 5.91 Å². The van der Waals surface area contributed by atoms with Gasteiger partial charge in [0.05, 0.1) is 33.3 Å². The number of pyridine rings is 1. The smallest absolute Gasteiger partial charge is 0.258 e. The number of carbonyl (C=O) groups is 1. The lowest BCUT2D eigenvalue weighted by molar-refractivity contribution is -0.115. The largest absolute Gasteiger partial charge is 0.493 e. The van der Waals surface area contributed by atoms with E-state index in [1.54, 1.807) is 69.8 Å². The number of aromatic nitrogens is 1. The van der Waals surface area contributed by atoms with Gasteiger partial charge in [0.1, 0.15) is 0 Å². The third kappa shape index (κ3) is 4.25. The normalized spacial score (nSPS) is 11.9. The van der Waals surface area contributed by atoms with E-state index in [4.69, 9.17) is 9.47 Å². The standard InChI is InChI=1S/C22H24N2O5/c1-14(13-25)24-10-9-16-17(22(24)27)5-4-6-18(16)23-21(26)12-15-7-8-19(28-2)20(11-15)29-3/h4-11,14,25H,12-13H2,1-3H3,(H,23,26). The van der Waals surface area contributed by atoms with E-state index in [1.807, 2.05) is 0 Å². The molecular weight excluding hydrogens is 372 g/mol. The first-order valence-electron chi connectivity index (χ1n) is 9.24. The van der Waals surface area contributed by atoms with Gasteiger partial charge in [0.25, 0.3) is 5.56 Å². The van der Waals surface area contributed by atoms with Gasteiger partial charge in [-0.05, 0) is 42.8 Å². The minimum Gasteiger partial charge on any atom is -0.493 e. The molecular formula is C22H24N2O5. The van der Waals surface area contributed by atoms with Crippen LogP contribution in [0.5, 0.6) is 11.5 Å². The lowest BCUT2D eigenvalue weighted by Crippen LogP contribution is -2.25. The monoisotopic (exact) mass is 396 g/mol. The first-order valence-corrected chi connectivity index (χ1v) is 9.24. The zero-order valence-electron chi connectivity index (χ0n) is 16.6. The lowest BCUT2D eigenvalue weighted by Gasteiger charge is -2.15. The van der Waals surface area contributed by atoms with Crippen LogP contribution in [0.4, 0.5) is 5.69 Å². The Hall–Kier alpha value is -3.32. The Morgan fingerprint density at radius 1 is 1.10 bits per heavy atom. The van der Waals surface area contributed by atoms with Crippen LogP contribution >= 0.6 is 0 Å². The highest BCUT2D eigenvalue weighted by Crippen LogP contribution is 2.28. The number of hydrogen-bond donors (Lipinski definition) is 2. The van der Waals surface area contributed by atoms with Crippen LogP contribution in [-0.4, -0.2) is 36.4 Å². The highest BCUT2D eigenvalue weighted by atomic mass is 16.5. The highest BCUT2D eigenvalue weighted by Gasteiger charge is 2.13. The molecule has 0 radical (unpaired) electrons. The van der Waals surface area contributed by atoms with Gasteiger partial charge in [-0.1, -0.05) is 12.1 Å². The molecule has 0 aliphatic carbocycles. The molecule has 3 aromatic rings. The Morgan fingerprint density at radius 2 is 1.86 bits per heavy atom. The van der Waals surface area contributed by atoms with Crippen molar-refractivity contribution in [2.24, 2.45) is 0 Å². The molecule has 7 heteroatoms. The summed E-state index contributed by atoms with van der Waals surface area (Å²) in [6.07, 6.45) is 1.78. The maximum absolute atomic E-state index is 12.7. The number of hydrogen-bond acceptors (Lipinski definition) is 5. The van der Waals surface area contributed by atoms with Crippen molar-refractivity contribution in [3.05, 3.63) is 64.6 Å². The number of amides is 1. The zero-order valence-corrected chi connectivity index (χ0v) is 16.6. The second kappa shape index (κ2) is 8.79. The van der Waals surface area contributed by atoms with Gasteiger partial charge >= 0.3 is 0 Å². The van der Waals surface area contributed by atoms with E-state index in [0.717, 1.165) is 5.56 Å². The molecule has 0 fully saturated rings. The molecule has 7 nitrogen and oxygen atoms in total. The summed E-state index contributed by atoms with van der Waals surface area (Å²) in [6.45, 7) is 1.63. The fourth-order valence-corrected chi connectivity index (χ4v) is 3.21. The van der Waals surface area contributed by atoms with Crippen molar-refractivity contribution in [1.82, 2.24) is 4.57 Å². The third-order valence-corrected chi connectivity index (χ3v) is 4.80. The third-order valence-electron chi connectivity index (χ3n) is 4.80. The average Bonchev–Trinajstić information content (AvgIpc) is 2.73. The molecule has 2 N–H and O–H groups in total. The molecule has 1 atom stereocenters. The van der Waals surface area contributed by atoms with Gasteiger partial charge in [0.15, 0.2) is 11.5 Å². The van der Waals surface area contributed by atoms with E-state index in [9.17, 15) is 14.7 Å². The van der Waals surface area contributed by atoms with Crippen molar-refractivity contribution < 1.29 is 19.4 Å². The summed E-state index contributed by atoms with van der Waals surface area (Å²) in [5, 5.41) is 13.4. The number of fused-ring (bicyclic) bond motifs is 1. The van der Waals surface area contributed by atoms with Crippen LogP contribution < -0.4 is 20.3 Å². The van der Waals surface area contributed by atoms with Gasteiger partial charge in [-0.3, -0.25) is 9.59 Å². The first-order chi connectivity index (χ1) is 14.0. The maximum atomic E-state index is 12.7. The molecule has 0 aliphatic heterocycles. The number of nitrogens with zero attached hydrogens (tertiary/aromatic N) is 1. The highest BCUT2D eigenvalue weighted by molar-refractivity contribution is 6.02. The van der Waals surface area contributed by atoms with Crippen LogP contribution in [0.3, 0.4) is 0 Å². The first kappa shape index (κ1) is 20.4. The van der Waals surface area contributed by atoms with Crippen LogP contribution in [-0.2, 0) is 11.2 Å². The van der Waals surface area contributed by atoms with Gasteiger partial charge < -0.3 is 24.5 Å². The molecule has 0 saturated heterocycles. The number of aliphatic hydroxyl groups excluding tert-OH is 1. The van der Waals surface area contributed by atoms with Gasteiger partial charge in [-0.15, -0.1) is 0 Å². The fraction of sp³-hybridized carbons (Fsp3) is 0.273. The van der Waals surface area contributed by atoms with Crippen LogP contribution in [0.1, 0.15) is 18.5 Å². The maximum Gasteiger partial charge on any atom is 0.258 e. The van der Waals surface area contributed by atoms with Crippen molar-refractivity contribution in [2.45, 2.75) is 19.4 Å². The Balaban J connectivity index is 1.85. The number of methoxy groups -OCH3 is 2. The topological polar surface area (TPSA) is 89.8 Å². The quantitative estimate of drug-likeness (QED) is 0.641. The molecule has 0 saturated carbocycles. The Labute approximate surface area is 168 Å². The lowest BCUT2D eigenvalue weighted by atomic mass is 10.1. The van der Waals surface area contributed by atoms with E-state index in [2.05, 4.69) is 5.32 Å². The summed E-state index contributed by atoms with van der Waals surface area (Å²) in [5.74, 6) is 0.943. The molecule has 3 rings (SSSR count). The van der Waals surface area contributed by atoms with Gasteiger partial charge in [-0.25, -0.2) is 0 Å². The van der Waals surface area contributed by atoms with Gasteiger partial charge in [-0.2, -0.15) is 0 Å². The molecule has 29 heavy (non-hydrogen) atoms. The molecule has 1 heterocycles. The predicted molar refractivity (Wildman–Crippen MR) is 112 cm³/mol.